The van der Waals surface area contributed by atoms with Gasteiger partial charge in [0, 0.05) is 6.04 Å². The molecule has 0 fully saturated rings. The summed E-state index contributed by atoms with van der Waals surface area (Å²) in [6.45, 7) is 11.9. The second-order valence-corrected chi connectivity index (χ2v) is 5.10. The minimum atomic E-state index is 0.574. The fraction of sp³-hybridized carbons (Fsp3) is 0.500. The van der Waals surface area contributed by atoms with Gasteiger partial charge >= 0.3 is 0 Å². The van der Waals surface area contributed by atoms with Crippen molar-refractivity contribution >= 4 is 5.57 Å². The predicted molar refractivity (Wildman–Crippen MR) is 77.3 cm³/mol. The molecule has 0 saturated carbocycles. The van der Waals surface area contributed by atoms with Crippen molar-refractivity contribution in [3.63, 3.8) is 0 Å². The highest BCUT2D eigenvalue weighted by molar-refractivity contribution is 5.66. The fourth-order valence-electron chi connectivity index (χ4n) is 2.03. The Balaban J connectivity index is 2.62. The van der Waals surface area contributed by atoms with Crippen LogP contribution in [0.3, 0.4) is 0 Å². The molecule has 0 aliphatic heterocycles. The second-order valence-electron chi connectivity index (χ2n) is 5.10. The maximum atomic E-state index is 3.43. The van der Waals surface area contributed by atoms with Crippen LogP contribution in [0.1, 0.15) is 43.9 Å². The van der Waals surface area contributed by atoms with Crippen LogP contribution < -0.4 is 5.32 Å². The van der Waals surface area contributed by atoms with Gasteiger partial charge in [-0.2, -0.15) is 0 Å². The van der Waals surface area contributed by atoms with E-state index >= 15 is 0 Å². The molecule has 0 unspecified atom stereocenters. The number of allylic oxidation sites excluding steroid dienone is 1. The first-order chi connectivity index (χ1) is 8.00. The summed E-state index contributed by atoms with van der Waals surface area (Å²) >= 11 is 0. The van der Waals surface area contributed by atoms with E-state index in [1.165, 1.54) is 22.3 Å². The summed E-state index contributed by atoms with van der Waals surface area (Å²) in [4.78, 5) is 0. The zero-order chi connectivity index (χ0) is 12.8. The molecule has 0 aliphatic carbocycles. The van der Waals surface area contributed by atoms with Gasteiger partial charge in [-0.05, 0) is 50.4 Å². The average molecular weight is 231 g/mol. The van der Waals surface area contributed by atoms with E-state index in [0.717, 1.165) is 13.0 Å². The molecule has 0 amide bonds. The zero-order valence-electron chi connectivity index (χ0n) is 11.8. The van der Waals surface area contributed by atoms with E-state index in [9.17, 15) is 0 Å². The molecule has 0 aromatic heterocycles. The molecule has 94 valence electrons. The van der Waals surface area contributed by atoms with Crippen LogP contribution in [0.25, 0.3) is 5.57 Å². The number of nitrogens with one attached hydrogen (secondary N) is 1. The van der Waals surface area contributed by atoms with E-state index in [-0.39, 0.29) is 0 Å². The van der Waals surface area contributed by atoms with Gasteiger partial charge in [0.1, 0.15) is 0 Å². The van der Waals surface area contributed by atoms with Crippen molar-refractivity contribution in [1.82, 2.24) is 5.32 Å². The number of aryl methyl sites for hydroxylation is 2. The molecular formula is C16H25N. The van der Waals surface area contributed by atoms with Crippen LogP contribution >= 0.6 is 0 Å². The molecule has 0 saturated heterocycles. The number of hydrogen-bond acceptors (Lipinski definition) is 1. The summed E-state index contributed by atoms with van der Waals surface area (Å²) in [5.41, 5.74) is 5.46. The van der Waals surface area contributed by atoms with Crippen molar-refractivity contribution in [2.24, 2.45) is 0 Å². The van der Waals surface area contributed by atoms with Gasteiger partial charge in [-0.25, -0.2) is 0 Å². The number of rotatable bonds is 5. The first-order valence-corrected chi connectivity index (χ1v) is 6.48. The van der Waals surface area contributed by atoms with Crippen molar-refractivity contribution < 1.29 is 0 Å². The van der Waals surface area contributed by atoms with Crippen molar-refractivity contribution in [2.45, 2.75) is 47.1 Å². The van der Waals surface area contributed by atoms with E-state index < -0.39 is 0 Å². The third-order valence-corrected chi connectivity index (χ3v) is 2.95. The maximum Gasteiger partial charge on any atom is 0.00105 e. The van der Waals surface area contributed by atoms with Gasteiger partial charge < -0.3 is 5.32 Å². The Morgan fingerprint density at radius 3 is 2.59 bits per heavy atom. The van der Waals surface area contributed by atoms with Crippen LogP contribution in [0.5, 0.6) is 0 Å². The molecule has 1 aromatic carbocycles. The molecule has 0 heterocycles. The van der Waals surface area contributed by atoms with Gasteiger partial charge in [0.25, 0.3) is 0 Å². The van der Waals surface area contributed by atoms with Crippen LogP contribution in [-0.4, -0.2) is 12.6 Å². The highest BCUT2D eigenvalue weighted by Crippen LogP contribution is 2.19. The van der Waals surface area contributed by atoms with Gasteiger partial charge in [-0.15, -0.1) is 0 Å². The molecule has 0 aliphatic rings. The van der Waals surface area contributed by atoms with Crippen LogP contribution in [0, 0.1) is 13.8 Å². The highest BCUT2D eigenvalue weighted by Gasteiger charge is 2.00. The van der Waals surface area contributed by atoms with E-state index in [4.69, 9.17) is 0 Å². The molecule has 17 heavy (non-hydrogen) atoms. The Morgan fingerprint density at radius 2 is 2.00 bits per heavy atom. The Hall–Kier alpha value is -1.08. The molecule has 0 radical (unpaired) electrons. The molecule has 1 nitrogen and oxygen atoms in total. The Morgan fingerprint density at radius 1 is 1.29 bits per heavy atom. The third-order valence-electron chi connectivity index (χ3n) is 2.95. The smallest absolute Gasteiger partial charge is 0.00105 e. The fourth-order valence-corrected chi connectivity index (χ4v) is 2.03. The Bertz CT molecular complexity index is 389. The first-order valence-electron chi connectivity index (χ1n) is 6.48. The molecule has 0 bridgehead atoms. The Labute approximate surface area is 106 Å². The van der Waals surface area contributed by atoms with Crippen LogP contribution in [-0.2, 0) is 0 Å². The first kappa shape index (κ1) is 14.0. The van der Waals surface area contributed by atoms with Crippen molar-refractivity contribution in [1.29, 1.82) is 0 Å². The molecule has 0 atom stereocenters. The third kappa shape index (κ3) is 4.74. The maximum absolute atomic E-state index is 3.43. The molecule has 1 rings (SSSR count). The predicted octanol–water partition coefficient (Wildman–Crippen LogP) is 4.09. The van der Waals surface area contributed by atoms with E-state index in [1.54, 1.807) is 0 Å². The van der Waals surface area contributed by atoms with Crippen LogP contribution in [0.15, 0.2) is 24.3 Å². The molecule has 1 aromatic rings. The summed E-state index contributed by atoms with van der Waals surface area (Å²) in [6.07, 6.45) is 3.42. The normalized spacial score (nSPS) is 12.2. The average Bonchev–Trinajstić information content (AvgIpc) is 2.23. The number of hydrogen-bond donors (Lipinski definition) is 1. The molecule has 1 heteroatoms. The van der Waals surface area contributed by atoms with Gasteiger partial charge in [0.15, 0.2) is 0 Å². The largest absolute Gasteiger partial charge is 0.314 e. The Kier molecular flexibility index (Phi) is 5.43. The lowest BCUT2D eigenvalue weighted by Gasteiger charge is -2.09. The lowest BCUT2D eigenvalue weighted by atomic mass is 9.99. The van der Waals surface area contributed by atoms with Gasteiger partial charge in [0.2, 0.25) is 0 Å². The van der Waals surface area contributed by atoms with Gasteiger partial charge in [0.05, 0.1) is 0 Å². The van der Waals surface area contributed by atoms with Gasteiger partial charge in [-0.1, -0.05) is 43.7 Å². The van der Waals surface area contributed by atoms with Gasteiger partial charge in [-0.3, -0.25) is 0 Å². The summed E-state index contributed by atoms with van der Waals surface area (Å²) in [6, 6.07) is 7.24. The SMILES string of the molecule is CC(=CCCNC(C)C)c1ccc(C)cc1C. The molecule has 0 spiro atoms. The molecule has 1 N–H and O–H groups in total. The van der Waals surface area contributed by atoms with E-state index in [0.29, 0.717) is 6.04 Å². The summed E-state index contributed by atoms with van der Waals surface area (Å²) < 4.78 is 0. The standard InChI is InChI=1S/C16H25N/c1-12(2)17-10-6-7-14(4)16-9-8-13(3)11-15(16)5/h7-9,11-12,17H,6,10H2,1-5H3. The van der Waals surface area contributed by atoms with Crippen LogP contribution in [0.4, 0.5) is 0 Å². The monoisotopic (exact) mass is 231 g/mol. The summed E-state index contributed by atoms with van der Waals surface area (Å²) in [7, 11) is 0. The lowest BCUT2D eigenvalue weighted by Crippen LogP contribution is -2.23. The second kappa shape index (κ2) is 6.61. The quantitative estimate of drug-likeness (QED) is 0.752. The topological polar surface area (TPSA) is 12.0 Å². The van der Waals surface area contributed by atoms with Crippen molar-refractivity contribution in [2.75, 3.05) is 6.54 Å². The van der Waals surface area contributed by atoms with E-state index in [1.807, 2.05) is 0 Å². The van der Waals surface area contributed by atoms with E-state index in [2.05, 4.69) is 64.2 Å². The van der Waals surface area contributed by atoms with Crippen molar-refractivity contribution in [3.05, 3.63) is 41.0 Å². The van der Waals surface area contributed by atoms with Crippen molar-refractivity contribution in [3.8, 4) is 0 Å². The molecular weight excluding hydrogens is 206 g/mol. The minimum absolute atomic E-state index is 0.574. The highest BCUT2D eigenvalue weighted by atomic mass is 14.9. The summed E-state index contributed by atoms with van der Waals surface area (Å²) in [5, 5.41) is 3.43. The summed E-state index contributed by atoms with van der Waals surface area (Å²) in [5.74, 6) is 0. The van der Waals surface area contributed by atoms with Crippen LogP contribution in [0.2, 0.25) is 0 Å². The lowest BCUT2D eigenvalue weighted by molar-refractivity contribution is 0.595. The minimum Gasteiger partial charge on any atom is -0.314 e. The number of benzene rings is 1. The zero-order valence-corrected chi connectivity index (χ0v) is 11.8.